The molecule has 31 heavy (non-hydrogen) atoms. The number of nitrogens with one attached hydrogen (secondary N) is 1. The third-order valence-corrected chi connectivity index (χ3v) is 6.86. The lowest BCUT2D eigenvalue weighted by molar-refractivity contribution is -0.124. The van der Waals surface area contributed by atoms with Gasteiger partial charge in [0.1, 0.15) is 5.69 Å². The van der Waals surface area contributed by atoms with E-state index in [4.69, 9.17) is 5.14 Å². The van der Waals surface area contributed by atoms with Gasteiger partial charge in [0.25, 0.3) is 0 Å². The summed E-state index contributed by atoms with van der Waals surface area (Å²) in [6.07, 6.45) is -0.0164. The van der Waals surface area contributed by atoms with Crippen LogP contribution in [0.2, 0.25) is 0 Å². The number of rotatable bonds is 7. The summed E-state index contributed by atoms with van der Waals surface area (Å²) in [5.41, 5.74) is 0.837. The third kappa shape index (κ3) is 4.69. The van der Waals surface area contributed by atoms with E-state index in [0.717, 1.165) is 5.56 Å². The first-order valence-corrected chi connectivity index (χ1v) is 11.4. The zero-order chi connectivity index (χ0) is 23.0. The Morgan fingerprint density at radius 1 is 1.23 bits per heavy atom. The van der Waals surface area contributed by atoms with Gasteiger partial charge in [-0.1, -0.05) is 38.1 Å². The van der Waals surface area contributed by atoms with Gasteiger partial charge in [-0.25, -0.2) is 18.5 Å². The Balaban J connectivity index is 2.02. The highest BCUT2D eigenvalue weighted by Gasteiger charge is 2.56. The first kappa shape index (κ1) is 23.1. The maximum Gasteiger partial charge on any atom is 0.388 e. The molecule has 10 heteroatoms. The molecule has 0 bridgehead atoms. The average molecular weight is 454 g/mol. The number of halogens is 2. The van der Waals surface area contributed by atoms with Gasteiger partial charge in [0, 0.05) is 5.69 Å². The molecule has 3 N–H and O–H groups in total. The lowest BCUT2D eigenvalue weighted by atomic mass is 9.61. The van der Waals surface area contributed by atoms with Gasteiger partial charge in [-0.15, -0.1) is 0 Å². The van der Waals surface area contributed by atoms with Gasteiger partial charge in [0.05, 0.1) is 10.7 Å². The van der Waals surface area contributed by atoms with Crippen LogP contribution in [0.1, 0.15) is 49.4 Å². The Morgan fingerprint density at radius 2 is 1.87 bits per heavy atom. The van der Waals surface area contributed by atoms with E-state index in [1.54, 1.807) is 25.1 Å². The fourth-order valence-electron chi connectivity index (χ4n) is 3.96. The minimum absolute atomic E-state index is 0.00821. The molecule has 0 saturated heterocycles. The monoisotopic (exact) mass is 453 g/mol. The molecule has 1 aromatic carbocycles. The van der Waals surface area contributed by atoms with Crippen molar-refractivity contribution in [1.82, 2.24) is 4.98 Å². The van der Waals surface area contributed by atoms with Gasteiger partial charge in [-0.3, -0.25) is 4.79 Å². The van der Waals surface area contributed by atoms with Crippen molar-refractivity contribution >= 4 is 21.6 Å². The van der Waals surface area contributed by atoms with E-state index in [0.29, 0.717) is 11.3 Å². The van der Waals surface area contributed by atoms with Crippen LogP contribution in [0.5, 0.6) is 5.88 Å². The van der Waals surface area contributed by atoms with Crippen molar-refractivity contribution in [2.75, 3.05) is 5.32 Å². The van der Waals surface area contributed by atoms with Crippen LogP contribution < -0.4 is 15.2 Å². The number of nitrogens with zero attached hydrogens (tertiary/aromatic N) is 1. The van der Waals surface area contributed by atoms with Gasteiger partial charge in [0.15, 0.2) is 0 Å². The van der Waals surface area contributed by atoms with Crippen molar-refractivity contribution in [3.63, 3.8) is 0 Å². The zero-order valence-corrected chi connectivity index (χ0v) is 18.2. The third-order valence-electron chi connectivity index (χ3n) is 5.60. The number of aryl methyl sites for hydroxylation is 1. The second-order valence-corrected chi connectivity index (χ2v) is 9.93. The number of alkyl halides is 2. The topological polar surface area (TPSA) is 111 Å². The molecule has 1 aliphatic carbocycles. The van der Waals surface area contributed by atoms with Crippen LogP contribution in [0.3, 0.4) is 0 Å². The van der Waals surface area contributed by atoms with E-state index in [2.05, 4.69) is 15.0 Å². The first-order chi connectivity index (χ1) is 14.4. The van der Waals surface area contributed by atoms with Crippen molar-refractivity contribution in [2.24, 2.45) is 5.14 Å². The molecule has 0 radical (unpaired) electrons. The summed E-state index contributed by atoms with van der Waals surface area (Å²) in [6, 6.07) is 10.3. The smallest absolute Gasteiger partial charge is 0.388 e. The van der Waals surface area contributed by atoms with Crippen molar-refractivity contribution in [1.29, 1.82) is 0 Å². The molecular weight excluding hydrogens is 428 g/mol. The molecule has 1 saturated carbocycles. The minimum atomic E-state index is -3.83. The average Bonchev–Trinajstić information content (AvgIpc) is 2.62. The van der Waals surface area contributed by atoms with Gasteiger partial charge in [-0.2, -0.15) is 8.78 Å². The molecule has 1 amide bonds. The van der Waals surface area contributed by atoms with E-state index in [9.17, 15) is 22.0 Å². The number of primary sulfonamides is 1. The summed E-state index contributed by atoms with van der Waals surface area (Å²) in [4.78, 5) is 17.4. The number of aromatic nitrogens is 1. The molecule has 0 unspecified atom stereocenters. The molecule has 1 heterocycles. The Labute approximate surface area is 180 Å². The molecule has 7 nitrogen and oxygen atoms in total. The molecule has 0 aliphatic heterocycles. The van der Waals surface area contributed by atoms with E-state index < -0.39 is 39.1 Å². The van der Waals surface area contributed by atoms with Crippen molar-refractivity contribution in [3.8, 4) is 5.88 Å². The number of pyridine rings is 1. The van der Waals surface area contributed by atoms with Crippen LogP contribution in [-0.2, 0) is 20.2 Å². The molecule has 2 aromatic rings. The van der Waals surface area contributed by atoms with Crippen molar-refractivity contribution in [2.45, 2.75) is 56.8 Å². The number of carbonyl (C=O) groups excluding carboxylic acids is 1. The predicted molar refractivity (Wildman–Crippen MR) is 113 cm³/mol. The molecule has 0 spiro atoms. The standard InChI is InChI=1S/C21H25F2N3O4S/c1-12(2)15-6-4-5-7-16(15)21(10-14(11-21)31(24,28)29)19(27)26-17-9-8-13(3)25-18(17)30-20(22)23/h4-9,12,14,20H,10-11H2,1-3H3,(H,26,27)(H2,24,28,29). The number of sulfonamides is 1. The van der Waals surface area contributed by atoms with Crippen LogP contribution in [0.4, 0.5) is 14.5 Å². The van der Waals surface area contributed by atoms with E-state index in [-0.39, 0.29) is 24.4 Å². The Bertz CT molecular complexity index is 1080. The number of anilines is 1. The van der Waals surface area contributed by atoms with Crippen molar-refractivity contribution in [3.05, 3.63) is 53.2 Å². The van der Waals surface area contributed by atoms with Crippen LogP contribution in [-0.4, -0.2) is 31.2 Å². The number of benzene rings is 1. The molecule has 168 valence electrons. The number of ether oxygens (including phenoxy) is 1. The normalized spacial score (nSPS) is 21.1. The minimum Gasteiger partial charge on any atom is -0.415 e. The fourth-order valence-corrected chi connectivity index (χ4v) is 4.99. The second kappa shape index (κ2) is 8.51. The number of hydrogen-bond donors (Lipinski definition) is 2. The summed E-state index contributed by atoms with van der Waals surface area (Å²) in [7, 11) is -3.83. The number of nitrogens with two attached hydrogens (primary N) is 1. The van der Waals surface area contributed by atoms with Crippen LogP contribution in [0.15, 0.2) is 36.4 Å². The highest BCUT2D eigenvalue weighted by Crippen LogP contribution is 2.49. The molecule has 3 rings (SSSR count). The van der Waals surface area contributed by atoms with Crippen LogP contribution in [0.25, 0.3) is 0 Å². The number of carbonyl (C=O) groups is 1. The van der Waals surface area contributed by atoms with E-state index in [1.165, 1.54) is 6.07 Å². The van der Waals surface area contributed by atoms with E-state index >= 15 is 0 Å². The number of amides is 1. The Hall–Kier alpha value is -2.59. The quantitative estimate of drug-likeness (QED) is 0.667. The lowest BCUT2D eigenvalue weighted by Crippen LogP contribution is -2.57. The SMILES string of the molecule is Cc1ccc(NC(=O)C2(c3ccccc3C(C)C)CC(S(N)(=O)=O)C2)c(OC(F)F)n1. The van der Waals surface area contributed by atoms with Crippen LogP contribution >= 0.6 is 0 Å². The highest BCUT2D eigenvalue weighted by molar-refractivity contribution is 7.89. The van der Waals surface area contributed by atoms with Gasteiger partial charge < -0.3 is 10.1 Å². The Kier molecular flexibility index (Phi) is 6.33. The van der Waals surface area contributed by atoms with Gasteiger partial charge in [0.2, 0.25) is 21.8 Å². The summed E-state index contributed by atoms with van der Waals surface area (Å²) < 4.78 is 53.8. The lowest BCUT2D eigenvalue weighted by Gasteiger charge is -2.46. The second-order valence-electron chi connectivity index (χ2n) is 8.08. The fraction of sp³-hybridized carbons (Fsp3) is 0.429. The molecule has 1 fully saturated rings. The van der Waals surface area contributed by atoms with Crippen LogP contribution in [0, 0.1) is 6.92 Å². The molecule has 1 aromatic heterocycles. The Morgan fingerprint density at radius 3 is 2.45 bits per heavy atom. The van der Waals surface area contributed by atoms with E-state index in [1.807, 2.05) is 26.0 Å². The van der Waals surface area contributed by atoms with Gasteiger partial charge >= 0.3 is 6.61 Å². The largest absolute Gasteiger partial charge is 0.415 e. The summed E-state index contributed by atoms with van der Waals surface area (Å²) in [5, 5.41) is 7.07. The first-order valence-electron chi connectivity index (χ1n) is 9.79. The molecule has 0 atom stereocenters. The predicted octanol–water partition coefficient (Wildman–Crippen LogP) is 3.44. The zero-order valence-electron chi connectivity index (χ0n) is 17.4. The summed E-state index contributed by atoms with van der Waals surface area (Å²) >= 11 is 0. The molecular formula is C21H25F2N3O4S. The van der Waals surface area contributed by atoms with Gasteiger partial charge in [-0.05, 0) is 48.9 Å². The summed E-state index contributed by atoms with van der Waals surface area (Å²) in [5.74, 6) is -0.851. The summed E-state index contributed by atoms with van der Waals surface area (Å²) in [6.45, 7) is 2.43. The number of hydrogen-bond acceptors (Lipinski definition) is 5. The maximum atomic E-state index is 13.5. The highest BCUT2D eigenvalue weighted by atomic mass is 32.2. The molecule has 1 aliphatic rings. The maximum absolute atomic E-state index is 13.5. The van der Waals surface area contributed by atoms with Crippen molar-refractivity contribution < 1.29 is 26.7 Å².